The van der Waals surface area contributed by atoms with E-state index in [4.69, 9.17) is 4.74 Å². The number of amides is 1. The highest BCUT2D eigenvalue weighted by molar-refractivity contribution is 6.06. The van der Waals surface area contributed by atoms with Crippen LogP contribution >= 0.6 is 0 Å². The summed E-state index contributed by atoms with van der Waals surface area (Å²) in [7, 11) is 0. The van der Waals surface area contributed by atoms with Crippen molar-refractivity contribution in [1.82, 2.24) is 4.98 Å². The summed E-state index contributed by atoms with van der Waals surface area (Å²) in [6.45, 7) is 0.445. The van der Waals surface area contributed by atoms with Crippen LogP contribution in [0.2, 0.25) is 0 Å². The van der Waals surface area contributed by atoms with E-state index in [1.165, 1.54) is 0 Å². The molecule has 0 spiro atoms. The lowest BCUT2D eigenvalue weighted by atomic mass is 10.1. The van der Waals surface area contributed by atoms with Crippen molar-refractivity contribution in [3.05, 3.63) is 40.7 Å². The van der Waals surface area contributed by atoms with Gasteiger partial charge in [0.05, 0.1) is 10.8 Å². The molecule has 3 rings (SSSR count). The second-order valence-electron chi connectivity index (χ2n) is 3.05. The molecule has 0 saturated heterocycles. The summed E-state index contributed by atoms with van der Waals surface area (Å²) in [4.78, 5) is 19.3. The van der Waals surface area contributed by atoms with Gasteiger partial charge < -0.3 is 4.74 Å². The van der Waals surface area contributed by atoms with Gasteiger partial charge in [0.1, 0.15) is 12.4 Å². The molecule has 1 aromatic heterocycles. The molecule has 2 aliphatic heterocycles. The Morgan fingerprint density at radius 1 is 1.43 bits per heavy atom. The number of ether oxygens (including phenoxy) is 1. The molecule has 4 nitrogen and oxygen atoms in total. The van der Waals surface area contributed by atoms with Crippen LogP contribution in [0.1, 0.15) is 0 Å². The molecule has 0 aromatic carbocycles. The van der Waals surface area contributed by atoms with Crippen LogP contribution in [0.15, 0.2) is 35.0 Å². The van der Waals surface area contributed by atoms with E-state index in [0.717, 1.165) is 5.22 Å². The van der Waals surface area contributed by atoms with Gasteiger partial charge in [0.25, 0.3) is 5.91 Å². The van der Waals surface area contributed by atoms with Gasteiger partial charge in [0, 0.05) is 6.20 Å². The number of aromatic nitrogens is 1. The summed E-state index contributed by atoms with van der Waals surface area (Å²) >= 11 is 0. The van der Waals surface area contributed by atoms with Crippen molar-refractivity contribution in [3.8, 4) is 0 Å². The van der Waals surface area contributed by atoms with Gasteiger partial charge >= 0.3 is 0 Å². The molecule has 0 fully saturated rings. The average molecular weight is 186 g/mol. The molecule has 2 aliphatic rings. The molecule has 0 bridgehead atoms. The van der Waals surface area contributed by atoms with Crippen LogP contribution in [-0.2, 0) is 9.53 Å². The van der Waals surface area contributed by atoms with Gasteiger partial charge in [-0.05, 0) is 18.2 Å². The van der Waals surface area contributed by atoms with Crippen molar-refractivity contribution in [3.63, 3.8) is 0 Å². The van der Waals surface area contributed by atoms with Crippen LogP contribution < -0.4 is 10.7 Å². The number of fused-ring (bicyclic) bond motifs is 2. The third kappa shape index (κ3) is 0.849. The lowest BCUT2D eigenvalue weighted by Gasteiger charge is -2.05. The monoisotopic (exact) mass is 186 g/mol. The van der Waals surface area contributed by atoms with Gasteiger partial charge in [-0.3, -0.25) is 4.79 Å². The summed E-state index contributed by atoms with van der Waals surface area (Å²) in [5.74, 6) is 0.358. The maximum Gasteiger partial charge on any atom is 0.282 e. The Morgan fingerprint density at radius 3 is 3.29 bits per heavy atom. The summed E-state index contributed by atoms with van der Waals surface area (Å²) < 4.78 is 5.36. The van der Waals surface area contributed by atoms with Gasteiger partial charge in [-0.1, -0.05) is 0 Å². The predicted octanol–water partition coefficient (Wildman–Crippen LogP) is -0.694. The first-order valence-electron chi connectivity index (χ1n) is 4.28. The number of pyridine rings is 1. The van der Waals surface area contributed by atoms with Crippen molar-refractivity contribution in [2.75, 3.05) is 6.61 Å². The minimum atomic E-state index is -0.260. The lowest BCUT2D eigenvalue weighted by Crippen LogP contribution is -2.35. The van der Waals surface area contributed by atoms with Gasteiger partial charge in [0.2, 0.25) is 0 Å². The summed E-state index contributed by atoms with van der Waals surface area (Å²) in [5, 5.41) is 0.802. The first-order valence-corrected chi connectivity index (χ1v) is 4.28. The van der Waals surface area contributed by atoms with E-state index in [1.807, 2.05) is 6.07 Å². The highest BCUT2D eigenvalue weighted by atomic mass is 16.5. The number of carbonyl (C=O) groups is 1. The van der Waals surface area contributed by atoms with Crippen LogP contribution in [0.5, 0.6) is 0 Å². The Labute approximate surface area is 79.3 Å². The number of rotatable bonds is 0. The normalized spacial score (nSPS) is 17.9. The van der Waals surface area contributed by atoms with E-state index < -0.39 is 0 Å². The van der Waals surface area contributed by atoms with Gasteiger partial charge in [0.15, 0.2) is 5.49 Å². The van der Waals surface area contributed by atoms with E-state index in [2.05, 4.69) is 9.98 Å². The Bertz CT molecular complexity index is 572. The van der Waals surface area contributed by atoms with Crippen LogP contribution in [-0.4, -0.2) is 17.5 Å². The fourth-order valence-corrected chi connectivity index (χ4v) is 1.61. The zero-order valence-corrected chi connectivity index (χ0v) is 7.23. The topological polar surface area (TPSA) is 51.5 Å². The lowest BCUT2D eigenvalue weighted by molar-refractivity contribution is -0.114. The highest BCUT2D eigenvalue weighted by Crippen LogP contribution is 2.20. The summed E-state index contributed by atoms with van der Waals surface area (Å²) in [6.07, 6.45) is 3.36. The number of nitrogens with zero attached hydrogens (tertiary/aromatic N) is 2. The first-order chi connectivity index (χ1) is 6.86. The number of carbonyl (C=O) groups excluding carboxylic acids is 1. The molecule has 1 aromatic rings. The Balaban J connectivity index is 2.51. The van der Waals surface area contributed by atoms with Crippen LogP contribution in [0.25, 0.3) is 5.76 Å². The maximum atomic E-state index is 11.5. The van der Waals surface area contributed by atoms with E-state index in [1.54, 1.807) is 18.3 Å². The largest absolute Gasteiger partial charge is 0.488 e. The predicted molar refractivity (Wildman–Crippen MR) is 47.5 cm³/mol. The summed E-state index contributed by atoms with van der Waals surface area (Å²) in [5.41, 5.74) is 1.01. The van der Waals surface area contributed by atoms with Crippen LogP contribution in [0, 0.1) is 0 Å². The molecule has 1 amide bonds. The smallest absolute Gasteiger partial charge is 0.282 e. The maximum absolute atomic E-state index is 11.5. The molecular formula is C10H6N2O2. The van der Waals surface area contributed by atoms with Crippen molar-refractivity contribution in [2.45, 2.75) is 0 Å². The second kappa shape index (κ2) is 2.51. The molecule has 0 atom stereocenters. The van der Waals surface area contributed by atoms with E-state index in [9.17, 15) is 4.79 Å². The third-order valence-electron chi connectivity index (χ3n) is 2.23. The van der Waals surface area contributed by atoms with E-state index in [0.29, 0.717) is 23.4 Å². The molecule has 68 valence electrons. The highest BCUT2D eigenvalue weighted by Gasteiger charge is 2.24. The zero-order valence-electron chi connectivity index (χ0n) is 7.23. The van der Waals surface area contributed by atoms with Crippen molar-refractivity contribution in [1.29, 1.82) is 0 Å². The van der Waals surface area contributed by atoms with Crippen molar-refractivity contribution in [2.24, 2.45) is 4.99 Å². The van der Waals surface area contributed by atoms with E-state index >= 15 is 0 Å². The quantitative estimate of drug-likeness (QED) is 0.538. The first kappa shape index (κ1) is 7.44. The minimum absolute atomic E-state index is 0.260. The van der Waals surface area contributed by atoms with Crippen LogP contribution in [0.4, 0.5) is 0 Å². The van der Waals surface area contributed by atoms with Gasteiger partial charge in [-0.25, -0.2) is 4.98 Å². The standard InChI is InChI=1S/C10H6N2O2/c13-10-7-3-5-14-8(7)6-2-1-4-11-9(6)12-10/h1-4H,5H2. The Morgan fingerprint density at radius 2 is 2.36 bits per heavy atom. The molecule has 0 unspecified atom stereocenters. The molecule has 0 saturated carbocycles. The molecule has 0 aliphatic carbocycles. The third-order valence-corrected chi connectivity index (χ3v) is 2.23. The van der Waals surface area contributed by atoms with Gasteiger partial charge in [-0.15, -0.1) is 0 Å². The summed E-state index contributed by atoms with van der Waals surface area (Å²) in [6, 6.07) is 3.66. The average Bonchev–Trinajstić information content (AvgIpc) is 2.67. The Hall–Kier alpha value is -1.97. The van der Waals surface area contributed by atoms with Crippen LogP contribution in [0.3, 0.4) is 0 Å². The molecule has 4 heteroatoms. The molecule has 14 heavy (non-hydrogen) atoms. The molecular weight excluding hydrogens is 180 g/mol. The fraction of sp³-hybridized carbons (Fsp3) is 0.100. The molecule has 0 N–H and O–H groups in total. The van der Waals surface area contributed by atoms with Crippen molar-refractivity contribution >= 4 is 11.7 Å². The van der Waals surface area contributed by atoms with Crippen molar-refractivity contribution < 1.29 is 9.53 Å². The second-order valence-corrected chi connectivity index (χ2v) is 3.05. The van der Waals surface area contributed by atoms with E-state index in [-0.39, 0.29) is 5.91 Å². The number of hydrogen-bond acceptors (Lipinski definition) is 3. The SMILES string of the molecule is O=C1N=c2ncccc2=C2OCC=C12. The molecule has 0 radical (unpaired) electrons. The molecule has 3 heterocycles. The minimum Gasteiger partial charge on any atom is -0.488 e. The van der Waals surface area contributed by atoms with Gasteiger partial charge in [-0.2, -0.15) is 4.99 Å². The number of hydrogen-bond donors (Lipinski definition) is 0. The fourth-order valence-electron chi connectivity index (χ4n) is 1.61. The zero-order chi connectivity index (χ0) is 9.54. The Kier molecular flexibility index (Phi) is 1.33.